The first-order valence-electron chi connectivity index (χ1n) is 6.13. The maximum Gasteiger partial charge on any atom is 0.248 e. The number of carbonyl (C=O) groups is 1. The summed E-state index contributed by atoms with van der Waals surface area (Å²) in [4.78, 5) is 11.2. The quantitative estimate of drug-likeness (QED) is 0.612. The second-order valence-corrected chi connectivity index (χ2v) is 5.87. The van der Waals surface area contributed by atoms with Gasteiger partial charge in [-0.15, -0.1) is 0 Å². The fraction of sp³-hybridized carbons (Fsp3) is 0.133. The molecule has 0 aromatic heterocycles. The standard InChI is InChI=1S/C15H14FIN2O2/c1-7-3-9(15(19)20)4-8(2)14(7)21-13-5-10(16)11(17)6-12(13)18/h3-6H,18H2,1-2H3,(H2,19,20). The third kappa shape index (κ3) is 3.26. The van der Waals surface area contributed by atoms with Gasteiger partial charge in [-0.25, -0.2) is 4.39 Å². The Morgan fingerprint density at radius 2 is 1.76 bits per heavy atom. The summed E-state index contributed by atoms with van der Waals surface area (Å²) in [6.07, 6.45) is 0. The second kappa shape index (κ2) is 5.88. The summed E-state index contributed by atoms with van der Waals surface area (Å²) in [6.45, 7) is 3.57. The molecule has 0 saturated carbocycles. The Kier molecular flexibility index (Phi) is 4.36. The van der Waals surface area contributed by atoms with Gasteiger partial charge < -0.3 is 16.2 Å². The number of nitrogens with two attached hydrogens (primary N) is 2. The van der Waals surface area contributed by atoms with Gasteiger partial charge >= 0.3 is 0 Å². The molecule has 0 aliphatic heterocycles. The monoisotopic (exact) mass is 400 g/mol. The lowest BCUT2D eigenvalue weighted by Gasteiger charge is -2.15. The van der Waals surface area contributed by atoms with Crippen LogP contribution >= 0.6 is 22.6 Å². The highest BCUT2D eigenvalue weighted by atomic mass is 127. The summed E-state index contributed by atoms with van der Waals surface area (Å²) in [6, 6.07) is 6.01. The number of nitrogen functional groups attached to an aromatic ring is 1. The number of aryl methyl sites for hydroxylation is 2. The fourth-order valence-corrected chi connectivity index (χ4v) is 2.49. The van der Waals surface area contributed by atoms with Gasteiger partial charge in [0.25, 0.3) is 0 Å². The van der Waals surface area contributed by atoms with E-state index in [1.807, 2.05) is 22.6 Å². The Morgan fingerprint density at radius 1 is 1.19 bits per heavy atom. The zero-order valence-corrected chi connectivity index (χ0v) is 13.7. The van der Waals surface area contributed by atoms with E-state index in [1.165, 1.54) is 12.1 Å². The smallest absolute Gasteiger partial charge is 0.248 e. The van der Waals surface area contributed by atoms with Gasteiger partial charge in [0.2, 0.25) is 5.91 Å². The Balaban J connectivity index is 2.45. The number of anilines is 1. The topological polar surface area (TPSA) is 78.3 Å². The largest absolute Gasteiger partial charge is 0.455 e. The Hall–Kier alpha value is -1.83. The molecule has 0 spiro atoms. The second-order valence-electron chi connectivity index (χ2n) is 4.71. The van der Waals surface area contributed by atoms with Crippen molar-refractivity contribution in [2.75, 3.05) is 5.73 Å². The Labute approximate surface area is 135 Å². The van der Waals surface area contributed by atoms with Crippen LogP contribution in [0.3, 0.4) is 0 Å². The molecule has 0 saturated heterocycles. The number of hydrogen-bond acceptors (Lipinski definition) is 3. The van der Waals surface area contributed by atoms with E-state index in [4.69, 9.17) is 16.2 Å². The summed E-state index contributed by atoms with van der Waals surface area (Å²) in [5.74, 6) is -0.130. The van der Waals surface area contributed by atoms with Crippen molar-refractivity contribution in [1.82, 2.24) is 0 Å². The lowest BCUT2D eigenvalue weighted by atomic mass is 10.1. The number of amides is 1. The Bertz CT molecular complexity index is 709. The van der Waals surface area contributed by atoms with Crippen molar-refractivity contribution in [2.24, 2.45) is 5.73 Å². The number of rotatable bonds is 3. The number of primary amides is 1. The molecule has 2 aromatic carbocycles. The summed E-state index contributed by atoms with van der Waals surface area (Å²) in [5.41, 5.74) is 13.3. The van der Waals surface area contributed by atoms with Crippen LogP contribution in [0, 0.1) is 23.2 Å². The number of benzene rings is 2. The van der Waals surface area contributed by atoms with Crippen LogP contribution in [0.1, 0.15) is 21.5 Å². The molecule has 0 aliphatic rings. The molecule has 21 heavy (non-hydrogen) atoms. The third-order valence-electron chi connectivity index (χ3n) is 3.01. The molecule has 0 atom stereocenters. The van der Waals surface area contributed by atoms with Crippen LogP contribution in [-0.2, 0) is 0 Å². The third-order valence-corrected chi connectivity index (χ3v) is 3.84. The maximum absolute atomic E-state index is 13.6. The van der Waals surface area contributed by atoms with Gasteiger partial charge in [0.05, 0.1) is 9.26 Å². The highest BCUT2D eigenvalue weighted by Crippen LogP contribution is 2.34. The van der Waals surface area contributed by atoms with Gasteiger partial charge in [0.1, 0.15) is 11.6 Å². The molecule has 1 amide bonds. The van der Waals surface area contributed by atoms with E-state index >= 15 is 0 Å². The predicted octanol–water partition coefficient (Wildman–Crippen LogP) is 3.52. The van der Waals surface area contributed by atoms with E-state index in [9.17, 15) is 9.18 Å². The molecule has 2 aromatic rings. The molecule has 4 nitrogen and oxygen atoms in total. The first-order valence-corrected chi connectivity index (χ1v) is 7.21. The van der Waals surface area contributed by atoms with Gasteiger partial charge in [0, 0.05) is 11.6 Å². The summed E-state index contributed by atoms with van der Waals surface area (Å²) in [7, 11) is 0. The van der Waals surface area contributed by atoms with Gasteiger partial charge in [-0.05, 0) is 65.8 Å². The van der Waals surface area contributed by atoms with Crippen molar-refractivity contribution in [2.45, 2.75) is 13.8 Å². The van der Waals surface area contributed by atoms with Crippen molar-refractivity contribution < 1.29 is 13.9 Å². The maximum atomic E-state index is 13.6. The van der Waals surface area contributed by atoms with E-state index in [-0.39, 0.29) is 5.75 Å². The summed E-state index contributed by atoms with van der Waals surface area (Å²) < 4.78 is 19.8. The molecule has 0 radical (unpaired) electrons. The lowest BCUT2D eigenvalue weighted by Crippen LogP contribution is -2.11. The minimum Gasteiger partial charge on any atom is -0.455 e. The van der Waals surface area contributed by atoms with Gasteiger partial charge in [-0.1, -0.05) is 0 Å². The van der Waals surface area contributed by atoms with Crippen LogP contribution < -0.4 is 16.2 Å². The zero-order chi connectivity index (χ0) is 15.7. The van der Waals surface area contributed by atoms with Crippen LogP contribution in [0.2, 0.25) is 0 Å². The van der Waals surface area contributed by atoms with Crippen LogP contribution in [-0.4, -0.2) is 5.91 Å². The molecule has 110 valence electrons. The molecular weight excluding hydrogens is 386 g/mol. The molecule has 0 heterocycles. The van der Waals surface area contributed by atoms with E-state index in [0.717, 1.165) is 11.1 Å². The number of ether oxygens (including phenoxy) is 1. The average Bonchev–Trinajstić information content (AvgIpc) is 2.39. The van der Waals surface area contributed by atoms with Crippen LogP contribution in [0.15, 0.2) is 24.3 Å². The normalized spacial score (nSPS) is 10.5. The van der Waals surface area contributed by atoms with Crippen molar-refractivity contribution >= 4 is 34.2 Å². The van der Waals surface area contributed by atoms with Crippen molar-refractivity contribution in [3.8, 4) is 11.5 Å². The van der Waals surface area contributed by atoms with E-state index in [1.54, 1.807) is 26.0 Å². The first-order chi connectivity index (χ1) is 9.79. The predicted molar refractivity (Wildman–Crippen MR) is 88.0 cm³/mol. The minimum atomic E-state index is -0.507. The number of carbonyl (C=O) groups excluding carboxylic acids is 1. The molecule has 0 unspecified atom stereocenters. The van der Waals surface area contributed by atoms with Gasteiger partial charge in [-0.3, -0.25) is 4.79 Å². The van der Waals surface area contributed by atoms with Crippen molar-refractivity contribution in [1.29, 1.82) is 0 Å². The lowest BCUT2D eigenvalue weighted by molar-refractivity contribution is 0.1000. The number of halogens is 2. The highest BCUT2D eigenvalue weighted by molar-refractivity contribution is 14.1. The Morgan fingerprint density at radius 3 is 2.29 bits per heavy atom. The SMILES string of the molecule is Cc1cc(C(N)=O)cc(C)c1Oc1cc(F)c(I)cc1N. The van der Waals surface area contributed by atoms with Gasteiger partial charge in [0.15, 0.2) is 5.75 Å². The molecule has 4 N–H and O–H groups in total. The van der Waals surface area contributed by atoms with Crippen LogP contribution in [0.5, 0.6) is 11.5 Å². The van der Waals surface area contributed by atoms with Crippen molar-refractivity contribution in [3.05, 3.63) is 50.3 Å². The highest BCUT2D eigenvalue weighted by Gasteiger charge is 2.13. The van der Waals surface area contributed by atoms with Crippen LogP contribution in [0.4, 0.5) is 10.1 Å². The molecule has 2 rings (SSSR count). The molecule has 6 heteroatoms. The molecule has 0 fully saturated rings. The van der Waals surface area contributed by atoms with E-state index in [0.29, 0.717) is 20.6 Å². The van der Waals surface area contributed by atoms with E-state index < -0.39 is 11.7 Å². The molecule has 0 aliphatic carbocycles. The fourth-order valence-electron chi connectivity index (χ4n) is 2.00. The zero-order valence-electron chi connectivity index (χ0n) is 11.5. The molecule has 0 bridgehead atoms. The van der Waals surface area contributed by atoms with E-state index in [2.05, 4.69) is 0 Å². The first kappa shape index (κ1) is 15.6. The number of hydrogen-bond donors (Lipinski definition) is 2. The van der Waals surface area contributed by atoms with Crippen molar-refractivity contribution in [3.63, 3.8) is 0 Å². The average molecular weight is 400 g/mol. The summed E-state index contributed by atoms with van der Waals surface area (Å²) in [5, 5.41) is 0. The molecular formula is C15H14FIN2O2. The van der Waals surface area contributed by atoms with Gasteiger partial charge in [-0.2, -0.15) is 0 Å². The summed E-state index contributed by atoms with van der Waals surface area (Å²) >= 11 is 1.86. The van der Waals surface area contributed by atoms with Crippen LogP contribution in [0.25, 0.3) is 0 Å². The minimum absolute atomic E-state index is 0.242.